The van der Waals surface area contributed by atoms with Crippen LogP contribution in [-0.4, -0.2) is 25.3 Å². The first-order chi connectivity index (χ1) is 17.2. The van der Waals surface area contributed by atoms with Crippen molar-refractivity contribution in [1.82, 2.24) is 10.1 Å². The summed E-state index contributed by atoms with van der Waals surface area (Å²) in [6.45, 7) is 0. The minimum atomic E-state index is -4.09. The number of hydrazine groups is 1. The van der Waals surface area contributed by atoms with Crippen molar-refractivity contribution >= 4 is 49.7 Å². The van der Waals surface area contributed by atoms with Crippen LogP contribution in [0, 0.1) is 10.1 Å². The van der Waals surface area contributed by atoms with Gasteiger partial charge in [-0.2, -0.15) is 0 Å². The number of fused-ring (bicyclic) bond motifs is 1. The van der Waals surface area contributed by atoms with E-state index in [0.717, 1.165) is 36.1 Å². The fraction of sp³-hybridized carbons (Fsp3) is 0.217. The summed E-state index contributed by atoms with van der Waals surface area (Å²) in [5, 5.41) is 13.6. The summed E-state index contributed by atoms with van der Waals surface area (Å²) in [5.74, 6) is -0.519. The second-order valence-electron chi connectivity index (χ2n) is 8.02. The average Bonchev–Trinajstić information content (AvgIpc) is 3.02. The van der Waals surface area contributed by atoms with Crippen LogP contribution in [0.5, 0.6) is 0 Å². The molecule has 3 aromatic rings. The fourth-order valence-corrected chi connectivity index (χ4v) is 6.05. The Balaban J connectivity index is 1.53. The summed E-state index contributed by atoms with van der Waals surface area (Å²) in [6, 6.07) is 12.0. The maximum absolute atomic E-state index is 13.2. The topological polar surface area (TPSA) is 160 Å². The van der Waals surface area contributed by atoms with Gasteiger partial charge in [0.05, 0.1) is 21.1 Å². The second kappa shape index (κ2) is 10.7. The zero-order valence-corrected chi connectivity index (χ0v) is 20.6. The number of hydrogen-bond acceptors (Lipinski definition) is 8. The van der Waals surface area contributed by atoms with E-state index in [1.807, 2.05) is 4.72 Å². The Bertz CT molecular complexity index is 1390. The Labute approximate surface area is 211 Å². The van der Waals surface area contributed by atoms with Crippen molar-refractivity contribution in [2.45, 2.75) is 37.0 Å². The molecule has 0 saturated carbocycles. The second-order valence-corrected chi connectivity index (χ2v) is 10.8. The average molecular weight is 530 g/mol. The van der Waals surface area contributed by atoms with Crippen molar-refractivity contribution in [3.63, 3.8) is 0 Å². The van der Waals surface area contributed by atoms with Gasteiger partial charge in [-0.15, -0.1) is 11.3 Å². The first-order valence-corrected chi connectivity index (χ1v) is 13.4. The Morgan fingerprint density at radius 3 is 2.33 bits per heavy atom. The number of urea groups is 1. The molecular weight excluding hydrogens is 506 g/mol. The number of non-ortho nitro benzene ring substituents is 1. The monoisotopic (exact) mass is 529 g/mol. The Kier molecular flexibility index (Phi) is 7.50. The molecule has 1 aliphatic rings. The maximum atomic E-state index is 13.2. The van der Waals surface area contributed by atoms with Crippen molar-refractivity contribution in [2.75, 3.05) is 10.7 Å². The SMILES string of the molecule is O=C(Nc1sc2c(c1C(=O)NNc1ccc([N+](=O)[O-])cc1)CCCCC2)NS(=O)(=O)c1ccccc1. The van der Waals surface area contributed by atoms with Gasteiger partial charge in [0.2, 0.25) is 0 Å². The molecule has 3 amide bonds. The smallest absolute Gasteiger partial charge is 0.298 e. The van der Waals surface area contributed by atoms with Gasteiger partial charge in [0.1, 0.15) is 5.00 Å². The summed E-state index contributed by atoms with van der Waals surface area (Å²) in [7, 11) is -4.09. The molecule has 0 radical (unpaired) electrons. The van der Waals surface area contributed by atoms with E-state index in [-0.39, 0.29) is 21.1 Å². The Hall–Kier alpha value is -3.97. The third-order valence-corrected chi connectivity index (χ3v) is 8.11. The first-order valence-electron chi connectivity index (χ1n) is 11.1. The van der Waals surface area contributed by atoms with E-state index >= 15 is 0 Å². The number of hydrogen-bond donors (Lipinski definition) is 4. The summed E-state index contributed by atoms with van der Waals surface area (Å²) in [5.41, 5.74) is 6.71. The third kappa shape index (κ3) is 5.80. The normalized spacial score (nSPS) is 13.1. The van der Waals surface area contributed by atoms with Gasteiger partial charge in [0, 0.05) is 17.0 Å². The van der Waals surface area contributed by atoms with Crippen LogP contribution < -0.4 is 20.9 Å². The van der Waals surface area contributed by atoms with Crippen molar-refractivity contribution in [3.8, 4) is 0 Å². The van der Waals surface area contributed by atoms with Gasteiger partial charge >= 0.3 is 6.03 Å². The number of aryl methyl sites for hydroxylation is 1. The number of carbonyl (C=O) groups excluding carboxylic acids is 2. The molecule has 0 bridgehead atoms. The Morgan fingerprint density at radius 2 is 1.64 bits per heavy atom. The van der Waals surface area contributed by atoms with Crippen molar-refractivity contribution in [3.05, 3.63) is 80.7 Å². The van der Waals surface area contributed by atoms with Crippen LogP contribution in [0.25, 0.3) is 0 Å². The number of amides is 3. The van der Waals surface area contributed by atoms with Crippen LogP contribution in [0.3, 0.4) is 0 Å². The molecule has 0 saturated heterocycles. The molecule has 1 aliphatic carbocycles. The summed E-state index contributed by atoms with van der Waals surface area (Å²) in [6.07, 6.45) is 4.25. The highest BCUT2D eigenvalue weighted by Crippen LogP contribution is 2.37. The number of sulfonamides is 1. The highest BCUT2D eigenvalue weighted by molar-refractivity contribution is 7.90. The van der Waals surface area contributed by atoms with Crippen LogP contribution in [0.4, 0.5) is 21.2 Å². The molecule has 4 N–H and O–H groups in total. The molecule has 0 fully saturated rings. The standard InChI is InChI=1S/C23H23N5O6S2/c29-21(26-25-15-11-13-16(14-12-15)28(31)32)20-18-9-5-2-6-10-19(18)35-22(20)24-23(30)27-36(33,34)17-7-3-1-4-8-17/h1,3-4,7-8,11-14,25H,2,5-6,9-10H2,(H,26,29)(H2,24,27,30). The molecular formula is C23H23N5O6S2. The number of nitro benzene ring substituents is 1. The lowest BCUT2D eigenvalue weighted by molar-refractivity contribution is -0.384. The predicted molar refractivity (Wildman–Crippen MR) is 136 cm³/mol. The van der Waals surface area contributed by atoms with E-state index in [4.69, 9.17) is 0 Å². The number of carbonyl (C=O) groups is 2. The maximum Gasteiger partial charge on any atom is 0.333 e. The molecule has 0 unspecified atom stereocenters. The number of rotatable bonds is 7. The molecule has 13 heteroatoms. The zero-order chi connectivity index (χ0) is 25.7. The summed E-state index contributed by atoms with van der Waals surface area (Å²) < 4.78 is 27.0. The van der Waals surface area contributed by atoms with Crippen molar-refractivity contribution in [2.24, 2.45) is 0 Å². The van der Waals surface area contributed by atoms with Crippen LogP contribution >= 0.6 is 11.3 Å². The molecule has 1 heterocycles. The lowest BCUT2D eigenvalue weighted by Crippen LogP contribution is -2.35. The minimum Gasteiger partial charge on any atom is -0.298 e. The van der Waals surface area contributed by atoms with Gasteiger partial charge < -0.3 is 0 Å². The largest absolute Gasteiger partial charge is 0.333 e. The number of thiophene rings is 1. The lowest BCUT2D eigenvalue weighted by atomic mass is 10.1. The molecule has 11 nitrogen and oxygen atoms in total. The fourth-order valence-electron chi connectivity index (χ4n) is 3.84. The van der Waals surface area contributed by atoms with E-state index in [9.17, 15) is 28.1 Å². The highest BCUT2D eigenvalue weighted by atomic mass is 32.2. The molecule has 4 rings (SSSR count). The molecule has 188 valence electrons. The highest BCUT2D eigenvalue weighted by Gasteiger charge is 2.27. The first kappa shape index (κ1) is 25.1. The van der Waals surface area contributed by atoms with Gasteiger partial charge in [-0.25, -0.2) is 17.9 Å². The minimum absolute atomic E-state index is 0.0626. The van der Waals surface area contributed by atoms with Gasteiger partial charge in [-0.3, -0.25) is 31.1 Å². The van der Waals surface area contributed by atoms with Gasteiger partial charge in [-0.05, 0) is 55.5 Å². The lowest BCUT2D eigenvalue weighted by Gasteiger charge is -2.12. The quantitative estimate of drug-likeness (QED) is 0.203. The molecule has 1 aromatic heterocycles. The number of anilines is 2. The number of nitro groups is 1. The third-order valence-electron chi connectivity index (χ3n) is 5.55. The number of nitrogens with one attached hydrogen (secondary N) is 4. The molecule has 0 atom stereocenters. The van der Waals surface area contributed by atoms with E-state index in [0.29, 0.717) is 12.1 Å². The van der Waals surface area contributed by atoms with E-state index in [2.05, 4.69) is 16.2 Å². The van der Waals surface area contributed by atoms with Crippen LogP contribution in [0.15, 0.2) is 59.5 Å². The van der Waals surface area contributed by atoms with Crippen molar-refractivity contribution < 1.29 is 22.9 Å². The number of nitrogens with zero attached hydrogens (tertiary/aromatic N) is 1. The van der Waals surface area contributed by atoms with Crippen LogP contribution in [-0.2, 0) is 22.9 Å². The molecule has 0 aliphatic heterocycles. The van der Waals surface area contributed by atoms with Gasteiger partial charge in [0.25, 0.3) is 21.6 Å². The summed E-state index contributed by atoms with van der Waals surface area (Å²) >= 11 is 1.25. The van der Waals surface area contributed by atoms with Crippen LogP contribution in [0.1, 0.15) is 40.1 Å². The van der Waals surface area contributed by atoms with Gasteiger partial charge in [-0.1, -0.05) is 24.6 Å². The van der Waals surface area contributed by atoms with E-state index < -0.39 is 26.9 Å². The molecule has 2 aromatic carbocycles. The Morgan fingerprint density at radius 1 is 0.944 bits per heavy atom. The molecule has 36 heavy (non-hydrogen) atoms. The zero-order valence-electron chi connectivity index (χ0n) is 18.9. The van der Waals surface area contributed by atoms with Crippen molar-refractivity contribution in [1.29, 1.82) is 0 Å². The molecule has 0 spiro atoms. The van der Waals surface area contributed by atoms with E-state index in [1.165, 1.54) is 47.7 Å². The predicted octanol–water partition coefficient (Wildman–Crippen LogP) is 4.19. The number of benzene rings is 2. The summed E-state index contributed by atoms with van der Waals surface area (Å²) in [4.78, 5) is 37.0. The van der Waals surface area contributed by atoms with E-state index in [1.54, 1.807) is 18.2 Å². The van der Waals surface area contributed by atoms with Gasteiger partial charge in [0.15, 0.2) is 0 Å². The van der Waals surface area contributed by atoms with Crippen LogP contribution in [0.2, 0.25) is 0 Å².